The Morgan fingerprint density at radius 3 is 2.62 bits per heavy atom. The number of nitrogens with one attached hydrogen (secondary N) is 1. The third kappa shape index (κ3) is 2.89. The lowest BCUT2D eigenvalue weighted by Gasteiger charge is -2.14. The number of benzene rings is 2. The van der Waals surface area contributed by atoms with E-state index in [0.29, 0.717) is 18.4 Å². The molecule has 0 radical (unpaired) electrons. The molecule has 0 aromatic heterocycles. The van der Waals surface area contributed by atoms with Crippen molar-refractivity contribution in [2.24, 2.45) is 0 Å². The first-order chi connectivity index (χ1) is 11.4. The highest BCUT2D eigenvalue weighted by Crippen LogP contribution is 2.38. The van der Waals surface area contributed by atoms with E-state index in [4.69, 9.17) is 4.74 Å². The average molecular weight is 345 g/mol. The van der Waals surface area contributed by atoms with Crippen molar-refractivity contribution >= 4 is 15.9 Å². The number of carbonyl (C=O) groups excluding carboxylic acids is 1. The predicted molar refractivity (Wildman–Crippen MR) is 90.6 cm³/mol. The molecule has 1 unspecified atom stereocenters. The van der Waals surface area contributed by atoms with Gasteiger partial charge in [0.2, 0.25) is 5.91 Å². The largest absolute Gasteiger partial charge is 0.496 e. The van der Waals surface area contributed by atoms with Gasteiger partial charge in [0.1, 0.15) is 5.75 Å². The van der Waals surface area contributed by atoms with Crippen LogP contribution in [0.1, 0.15) is 29.0 Å². The van der Waals surface area contributed by atoms with Crippen molar-refractivity contribution in [2.75, 3.05) is 7.11 Å². The van der Waals surface area contributed by atoms with Gasteiger partial charge in [-0.3, -0.25) is 4.79 Å². The number of rotatable bonds is 4. The summed E-state index contributed by atoms with van der Waals surface area (Å²) in [6.45, 7) is 1.70. The SMILES string of the molecule is COc1cccc2c1CCC2C(=O)NS(=O)(=O)c1ccccc1C. The minimum absolute atomic E-state index is 0.127. The molecule has 2 aromatic carbocycles. The zero-order valence-corrected chi connectivity index (χ0v) is 14.4. The Kier molecular flexibility index (Phi) is 4.32. The highest BCUT2D eigenvalue weighted by atomic mass is 32.2. The number of fused-ring (bicyclic) bond motifs is 1. The Morgan fingerprint density at radius 1 is 1.17 bits per heavy atom. The molecule has 0 fully saturated rings. The second-order valence-electron chi connectivity index (χ2n) is 5.85. The molecule has 0 saturated carbocycles. The van der Waals surface area contributed by atoms with E-state index in [0.717, 1.165) is 16.9 Å². The van der Waals surface area contributed by atoms with Crippen LogP contribution in [0.5, 0.6) is 5.75 Å². The first kappa shape index (κ1) is 16.5. The van der Waals surface area contributed by atoms with E-state index in [2.05, 4.69) is 4.72 Å². The van der Waals surface area contributed by atoms with E-state index in [1.807, 2.05) is 18.2 Å². The van der Waals surface area contributed by atoms with Crippen LogP contribution in [-0.2, 0) is 21.2 Å². The summed E-state index contributed by atoms with van der Waals surface area (Å²) in [4.78, 5) is 12.7. The van der Waals surface area contributed by atoms with Gasteiger partial charge in [-0.15, -0.1) is 0 Å². The van der Waals surface area contributed by atoms with E-state index < -0.39 is 21.8 Å². The summed E-state index contributed by atoms with van der Waals surface area (Å²) >= 11 is 0. The molecule has 1 amide bonds. The molecule has 1 aliphatic carbocycles. The van der Waals surface area contributed by atoms with Crippen molar-refractivity contribution in [3.05, 3.63) is 59.2 Å². The topological polar surface area (TPSA) is 72.5 Å². The fourth-order valence-corrected chi connectivity index (χ4v) is 4.47. The van der Waals surface area contributed by atoms with E-state index in [1.54, 1.807) is 32.2 Å². The Morgan fingerprint density at radius 2 is 1.92 bits per heavy atom. The van der Waals surface area contributed by atoms with Crippen molar-refractivity contribution in [1.82, 2.24) is 4.72 Å². The van der Waals surface area contributed by atoms with Crippen molar-refractivity contribution in [3.63, 3.8) is 0 Å². The number of amides is 1. The van der Waals surface area contributed by atoms with E-state index >= 15 is 0 Å². The molecular weight excluding hydrogens is 326 g/mol. The molecule has 6 heteroatoms. The van der Waals surface area contributed by atoms with Gasteiger partial charge in [-0.1, -0.05) is 30.3 Å². The summed E-state index contributed by atoms with van der Waals surface area (Å²) in [5, 5.41) is 0. The maximum Gasteiger partial charge on any atom is 0.264 e. The zero-order chi connectivity index (χ0) is 17.3. The highest BCUT2D eigenvalue weighted by molar-refractivity contribution is 7.90. The number of hydrogen-bond acceptors (Lipinski definition) is 4. The van der Waals surface area contributed by atoms with Crippen LogP contribution in [0, 0.1) is 6.92 Å². The van der Waals surface area contributed by atoms with Gasteiger partial charge in [-0.2, -0.15) is 0 Å². The van der Waals surface area contributed by atoms with Gasteiger partial charge in [-0.25, -0.2) is 13.1 Å². The Hall–Kier alpha value is -2.34. The van der Waals surface area contributed by atoms with E-state index in [1.165, 1.54) is 6.07 Å². The molecule has 24 heavy (non-hydrogen) atoms. The number of methoxy groups -OCH3 is 1. The normalized spacial score (nSPS) is 16.5. The molecule has 0 aliphatic heterocycles. The third-order valence-corrected chi connectivity index (χ3v) is 5.89. The van der Waals surface area contributed by atoms with Crippen LogP contribution in [0.15, 0.2) is 47.4 Å². The van der Waals surface area contributed by atoms with Crippen molar-refractivity contribution < 1.29 is 17.9 Å². The average Bonchev–Trinajstić information content (AvgIpc) is 2.98. The first-order valence-corrected chi connectivity index (χ1v) is 9.20. The smallest absolute Gasteiger partial charge is 0.264 e. The Balaban J connectivity index is 1.87. The lowest BCUT2D eigenvalue weighted by Crippen LogP contribution is -2.34. The molecule has 1 N–H and O–H groups in total. The van der Waals surface area contributed by atoms with Gasteiger partial charge in [-0.05, 0) is 48.6 Å². The van der Waals surface area contributed by atoms with Crippen LogP contribution in [0.4, 0.5) is 0 Å². The summed E-state index contributed by atoms with van der Waals surface area (Å²) in [7, 11) is -2.29. The molecule has 0 bridgehead atoms. The summed E-state index contributed by atoms with van der Waals surface area (Å²) in [6, 6.07) is 12.1. The van der Waals surface area contributed by atoms with Crippen molar-refractivity contribution in [1.29, 1.82) is 0 Å². The number of carbonyl (C=O) groups is 1. The van der Waals surface area contributed by atoms with Gasteiger partial charge in [0, 0.05) is 0 Å². The summed E-state index contributed by atoms with van der Waals surface area (Å²) in [5.74, 6) is -0.233. The molecule has 2 aromatic rings. The molecule has 1 atom stereocenters. The predicted octanol–water partition coefficient (Wildman–Crippen LogP) is 2.54. The van der Waals surface area contributed by atoms with Crippen LogP contribution in [-0.4, -0.2) is 21.4 Å². The fraction of sp³-hybridized carbons (Fsp3) is 0.278. The van der Waals surface area contributed by atoms with Crippen LogP contribution >= 0.6 is 0 Å². The molecular formula is C18H19NO4S. The first-order valence-electron chi connectivity index (χ1n) is 7.72. The maximum atomic E-state index is 12.6. The molecule has 0 heterocycles. The van der Waals surface area contributed by atoms with Crippen LogP contribution < -0.4 is 9.46 Å². The quantitative estimate of drug-likeness (QED) is 0.924. The minimum Gasteiger partial charge on any atom is -0.496 e. The van der Waals surface area contributed by atoms with Gasteiger partial charge in [0.05, 0.1) is 17.9 Å². The number of sulfonamides is 1. The molecule has 1 aliphatic rings. The van der Waals surface area contributed by atoms with E-state index in [9.17, 15) is 13.2 Å². The number of hydrogen-bond donors (Lipinski definition) is 1. The highest BCUT2D eigenvalue weighted by Gasteiger charge is 2.33. The second kappa shape index (κ2) is 6.28. The van der Waals surface area contributed by atoms with Gasteiger partial charge in [0.15, 0.2) is 0 Å². The molecule has 0 spiro atoms. The number of aryl methyl sites for hydroxylation is 1. The van der Waals surface area contributed by atoms with Gasteiger partial charge < -0.3 is 4.74 Å². The minimum atomic E-state index is -3.88. The maximum absolute atomic E-state index is 12.6. The number of ether oxygens (including phenoxy) is 1. The lowest BCUT2D eigenvalue weighted by molar-refractivity contribution is -0.120. The molecule has 3 rings (SSSR count). The van der Waals surface area contributed by atoms with Crippen LogP contribution in [0.3, 0.4) is 0 Å². The zero-order valence-electron chi connectivity index (χ0n) is 13.6. The van der Waals surface area contributed by atoms with Crippen LogP contribution in [0.2, 0.25) is 0 Å². The molecule has 5 nitrogen and oxygen atoms in total. The second-order valence-corrected chi connectivity index (χ2v) is 7.51. The summed E-state index contributed by atoms with van der Waals surface area (Å²) < 4.78 is 32.5. The van der Waals surface area contributed by atoms with E-state index in [-0.39, 0.29) is 4.90 Å². The van der Waals surface area contributed by atoms with Crippen molar-refractivity contribution in [2.45, 2.75) is 30.6 Å². The van der Waals surface area contributed by atoms with Gasteiger partial charge >= 0.3 is 0 Å². The standard InChI is InChI=1S/C18H19NO4S/c1-12-6-3-4-9-17(12)24(21,22)19-18(20)15-11-10-14-13(15)7-5-8-16(14)23-2/h3-9,15H,10-11H2,1-2H3,(H,19,20). The molecule has 0 saturated heterocycles. The Bertz CT molecular complexity index is 890. The monoisotopic (exact) mass is 345 g/mol. The molecule has 126 valence electrons. The third-order valence-electron chi connectivity index (χ3n) is 4.38. The summed E-state index contributed by atoms with van der Waals surface area (Å²) in [6.07, 6.45) is 1.27. The summed E-state index contributed by atoms with van der Waals surface area (Å²) in [5.41, 5.74) is 2.42. The Labute approximate surface area is 141 Å². The lowest BCUT2D eigenvalue weighted by atomic mass is 10.0. The fourth-order valence-electron chi connectivity index (χ4n) is 3.20. The van der Waals surface area contributed by atoms with Crippen LogP contribution in [0.25, 0.3) is 0 Å². The van der Waals surface area contributed by atoms with Crippen molar-refractivity contribution in [3.8, 4) is 5.75 Å². The van der Waals surface area contributed by atoms with Gasteiger partial charge in [0.25, 0.3) is 10.0 Å².